The van der Waals surface area contributed by atoms with E-state index in [1.807, 2.05) is 17.8 Å². The first-order valence-electron chi connectivity index (χ1n) is 5.14. The highest BCUT2D eigenvalue weighted by atomic mass is 35.5. The van der Waals surface area contributed by atoms with Gasteiger partial charge in [0.15, 0.2) is 0 Å². The van der Waals surface area contributed by atoms with Gasteiger partial charge < -0.3 is 0 Å². The highest BCUT2D eigenvalue weighted by Crippen LogP contribution is 2.19. The molecule has 15 heavy (non-hydrogen) atoms. The zero-order valence-corrected chi connectivity index (χ0v) is 11.2. The maximum Gasteiger partial charge on any atom is 0.140 e. The molecule has 0 aliphatic carbocycles. The van der Waals surface area contributed by atoms with Crippen LogP contribution >= 0.6 is 23.4 Å². The van der Waals surface area contributed by atoms with Gasteiger partial charge in [-0.1, -0.05) is 39.3 Å². The number of aromatic nitrogens is 2. The Labute approximate surface area is 101 Å². The van der Waals surface area contributed by atoms with E-state index in [1.54, 1.807) is 0 Å². The first kappa shape index (κ1) is 12.8. The summed E-state index contributed by atoms with van der Waals surface area (Å²) in [4.78, 5) is 8.71. The third-order valence-electron chi connectivity index (χ3n) is 1.90. The van der Waals surface area contributed by atoms with Crippen molar-refractivity contribution in [1.82, 2.24) is 9.97 Å². The van der Waals surface area contributed by atoms with Crippen LogP contribution in [-0.2, 0) is 5.75 Å². The van der Waals surface area contributed by atoms with E-state index in [9.17, 15) is 0 Å². The van der Waals surface area contributed by atoms with Crippen molar-refractivity contribution in [2.24, 2.45) is 0 Å². The Kier molecular flexibility index (Phi) is 4.87. The molecule has 0 fully saturated rings. The molecule has 0 saturated heterocycles. The summed E-state index contributed by atoms with van der Waals surface area (Å²) < 4.78 is 0. The Morgan fingerprint density at radius 1 is 1.27 bits per heavy atom. The second-order valence-corrected chi connectivity index (χ2v) is 6.00. The quantitative estimate of drug-likeness (QED) is 0.752. The monoisotopic (exact) mass is 244 g/mol. The average molecular weight is 245 g/mol. The maximum absolute atomic E-state index is 5.95. The molecule has 0 bridgehead atoms. The molecule has 1 heterocycles. The molecule has 1 rings (SSSR count). The lowest BCUT2D eigenvalue weighted by Gasteiger charge is -2.08. The Morgan fingerprint density at radius 2 is 1.93 bits per heavy atom. The van der Waals surface area contributed by atoms with Crippen molar-refractivity contribution in [2.45, 2.75) is 44.6 Å². The first-order chi connectivity index (χ1) is 6.99. The van der Waals surface area contributed by atoms with Gasteiger partial charge in [0.1, 0.15) is 11.0 Å². The van der Waals surface area contributed by atoms with Crippen LogP contribution in [0.4, 0.5) is 0 Å². The molecule has 0 aliphatic rings. The van der Waals surface area contributed by atoms with Crippen molar-refractivity contribution >= 4 is 23.4 Å². The zero-order chi connectivity index (χ0) is 11.4. The van der Waals surface area contributed by atoms with Crippen LogP contribution in [0.3, 0.4) is 0 Å². The van der Waals surface area contributed by atoms with Gasteiger partial charge in [-0.25, -0.2) is 9.97 Å². The summed E-state index contributed by atoms with van der Waals surface area (Å²) in [6.45, 7) is 8.55. The molecule has 1 aromatic rings. The van der Waals surface area contributed by atoms with Crippen LogP contribution in [0, 0.1) is 0 Å². The molecule has 0 amide bonds. The molecule has 0 N–H and O–H groups in total. The van der Waals surface area contributed by atoms with Crippen molar-refractivity contribution in [2.75, 3.05) is 0 Å². The molecule has 4 heteroatoms. The Hall–Kier alpha value is -0.280. The summed E-state index contributed by atoms with van der Waals surface area (Å²) in [5, 5.41) is 1.14. The molecule has 0 aliphatic heterocycles. The third-order valence-corrected chi connectivity index (χ3v) is 3.18. The van der Waals surface area contributed by atoms with Crippen molar-refractivity contribution in [1.29, 1.82) is 0 Å². The van der Waals surface area contributed by atoms with E-state index in [2.05, 4.69) is 37.7 Å². The van der Waals surface area contributed by atoms with E-state index in [0.29, 0.717) is 16.3 Å². The van der Waals surface area contributed by atoms with E-state index in [4.69, 9.17) is 11.6 Å². The lowest BCUT2D eigenvalue weighted by Crippen LogP contribution is -2.01. The molecule has 0 radical (unpaired) electrons. The fourth-order valence-corrected chi connectivity index (χ4v) is 1.91. The summed E-state index contributed by atoms with van der Waals surface area (Å²) in [5.41, 5.74) is 1.02. The van der Waals surface area contributed by atoms with Gasteiger partial charge in [0.2, 0.25) is 0 Å². The number of halogens is 1. The lowest BCUT2D eigenvalue weighted by atomic mass is 10.1. The van der Waals surface area contributed by atoms with Crippen molar-refractivity contribution in [3.05, 3.63) is 22.7 Å². The van der Waals surface area contributed by atoms with Crippen LogP contribution in [0.2, 0.25) is 5.15 Å². The standard InChI is InChI=1S/C11H17ClN2S/c1-7(2)9-5-10(12)14-11(13-9)6-15-8(3)4/h5,7-8H,6H2,1-4H3. The molecule has 0 atom stereocenters. The molecule has 0 spiro atoms. The highest BCUT2D eigenvalue weighted by molar-refractivity contribution is 7.99. The average Bonchev–Trinajstić information content (AvgIpc) is 2.13. The topological polar surface area (TPSA) is 25.8 Å². The Morgan fingerprint density at radius 3 is 2.47 bits per heavy atom. The largest absolute Gasteiger partial charge is 0.237 e. The zero-order valence-electron chi connectivity index (χ0n) is 9.62. The Balaban J connectivity index is 2.79. The smallest absolute Gasteiger partial charge is 0.140 e. The first-order valence-corrected chi connectivity index (χ1v) is 6.56. The van der Waals surface area contributed by atoms with Gasteiger partial charge in [0.05, 0.1) is 5.75 Å². The van der Waals surface area contributed by atoms with Crippen molar-refractivity contribution < 1.29 is 0 Å². The van der Waals surface area contributed by atoms with E-state index in [-0.39, 0.29) is 0 Å². The number of thioether (sulfide) groups is 1. The van der Waals surface area contributed by atoms with E-state index < -0.39 is 0 Å². The minimum Gasteiger partial charge on any atom is -0.237 e. The molecule has 84 valence electrons. The predicted molar refractivity (Wildman–Crippen MR) is 67.6 cm³/mol. The van der Waals surface area contributed by atoms with Gasteiger partial charge in [0, 0.05) is 5.69 Å². The molecule has 1 aromatic heterocycles. The minimum absolute atomic E-state index is 0.397. The molecule has 0 aromatic carbocycles. The molecular weight excluding hydrogens is 228 g/mol. The number of rotatable bonds is 4. The summed E-state index contributed by atoms with van der Waals surface area (Å²) in [5.74, 6) is 2.07. The number of nitrogens with zero attached hydrogens (tertiary/aromatic N) is 2. The molecular formula is C11H17ClN2S. The van der Waals surface area contributed by atoms with Crippen LogP contribution in [0.15, 0.2) is 6.07 Å². The fourth-order valence-electron chi connectivity index (χ4n) is 1.09. The summed E-state index contributed by atoms with van der Waals surface area (Å²) >= 11 is 7.78. The fraction of sp³-hybridized carbons (Fsp3) is 0.636. The summed E-state index contributed by atoms with van der Waals surface area (Å²) in [7, 11) is 0. The minimum atomic E-state index is 0.397. The normalized spacial score (nSPS) is 11.4. The molecule has 0 unspecified atom stereocenters. The van der Waals surface area contributed by atoms with Crippen LogP contribution in [0.5, 0.6) is 0 Å². The van der Waals surface area contributed by atoms with E-state index >= 15 is 0 Å². The van der Waals surface area contributed by atoms with Gasteiger partial charge in [-0.15, -0.1) is 0 Å². The lowest BCUT2D eigenvalue weighted by molar-refractivity contribution is 0.799. The van der Waals surface area contributed by atoms with E-state index in [0.717, 1.165) is 17.3 Å². The van der Waals surface area contributed by atoms with Crippen LogP contribution in [-0.4, -0.2) is 15.2 Å². The van der Waals surface area contributed by atoms with E-state index in [1.165, 1.54) is 0 Å². The second kappa shape index (κ2) is 5.71. The molecule has 2 nitrogen and oxygen atoms in total. The van der Waals surface area contributed by atoms with Gasteiger partial charge in [-0.2, -0.15) is 11.8 Å². The summed E-state index contributed by atoms with van der Waals surface area (Å²) in [6.07, 6.45) is 0. The predicted octanol–water partition coefficient (Wildman–Crippen LogP) is 3.90. The van der Waals surface area contributed by atoms with Crippen molar-refractivity contribution in [3.8, 4) is 0 Å². The maximum atomic E-state index is 5.95. The summed E-state index contributed by atoms with van der Waals surface area (Å²) in [6, 6.07) is 1.84. The molecule has 0 saturated carbocycles. The second-order valence-electron chi connectivity index (χ2n) is 4.05. The SMILES string of the molecule is CC(C)SCc1nc(Cl)cc(C(C)C)n1. The van der Waals surface area contributed by atoms with Gasteiger partial charge >= 0.3 is 0 Å². The number of hydrogen-bond donors (Lipinski definition) is 0. The van der Waals surface area contributed by atoms with Gasteiger partial charge in [0.25, 0.3) is 0 Å². The van der Waals surface area contributed by atoms with Gasteiger partial charge in [-0.05, 0) is 17.2 Å². The highest BCUT2D eigenvalue weighted by Gasteiger charge is 2.07. The Bertz CT molecular complexity index is 326. The van der Waals surface area contributed by atoms with Gasteiger partial charge in [-0.3, -0.25) is 0 Å². The van der Waals surface area contributed by atoms with Crippen LogP contribution < -0.4 is 0 Å². The van der Waals surface area contributed by atoms with Crippen LogP contribution in [0.1, 0.15) is 45.1 Å². The van der Waals surface area contributed by atoms with Crippen LogP contribution in [0.25, 0.3) is 0 Å². The third kappa shape index (κ3) is 4.39. The van der Waals surface area contributed by atoms with Crippen molar-refractivity contribution in [3.63, 3.8) is 0 Å². The number of hydrogen-bond acceptors (Lipinski definition) is 3.